The van der Waals surface area contributed by atoms with Crippen LogP contribution in [0.25, 0.3) is 87.6 Å². The highest BCUT2D eigenvalue weighted by Gasteiger charge is 2.10. The van der Waals surface area contributed by atoms with Gasteiger partial charge in [0.05, 0.1) is 0 Å². The Morgan fingerprint density at radius 1 is 0.196 bits per heavy atom. The third-order valence-electron chi connectivity index (χ3n) is 9.44. The van der Waals surface area contributed by atoms with Gasteiger partial charge in [-0.05, 0) is 112 Å². The molecule has 9 aromatic carbocycles. The van der Waals surface area contributed by atoms with Crippen LogP contribution in [0.15, 0.2) is 182 Å². The molecule has 0 amide bonds. The first-order valence-corrected chi connectivity index (χ1v) is 15.9. The van der Waals surface area contributed by atoms with Crippen LogP contribution >= 0.6 is 0 Å². The summed E-state index contributed by atoms with van der Waals surface area (Å²) >= 11 is 0. The molecule has 0 nitrogen and oxygen atoms in total. The highest BCUT2D eigenvalue weighted by Crippen LogP contribution is 2.36. The zero-order valence-electron chi connectivity index (χ0n) is 25.3. The van der Waals surface area contributed by atoms with E-state index in [-0.39, 0.29) is 0 Å². The molecule has 0 aliphatic carbocycles. The quantitative estimate of drug-likeness (QED) is 0.181. The van der Waals surface area contributed by atoms with E-state index in [1.807, 2.05) is 0 Å². The minimum absolute atomic E-state index is 1.23. The molecule has 0 spiro atoms. The standard InChI is InChI=1S/C46H30/c1-2-8-36-27-37(22-19-31(36)7-1)32-13-15-33(16-14-32)38-23-25-41-29-39(24-26-40(41)28-38)34-17-20-35(21-18-34)46-30-42-9-3-4-10-43(42)44-11-5-6-12-45(44)46/h1-30H. The zero-order valence-corrected chi connectivity index (χ0v) is 25.3. The fourth-order valence-corrected chi connectivity index (χ4v) is 6.96. The summed E-state index contributed by atoms with van der Waals surface area (Å²) in [7, 11) is 0. The third kappa shape index (κ3) is 4.64. The van der Waals surface area contributed by atoms with Crippen molar-refractivity contribution in [3.63, 3.8) is 0 Å². The summed E-state index contributed by atoms with van der Waals surface area (Å²) in [5.74, 6) is 0. The van der Waals surface area contributed by atoms with Crippen LogP contribution in [0.4, 0.5) is 0 Å². The lowest BCUT2D eigenvalue weighted by molar-refractivity contribution is 1.61. The summed E-state index contributed by atoms with van der Waals surface area (Å²) < 4.78 is 0. The lowest BCUT2D eigenvalue weighted by Crippen LogP contribution is -1.86. The lowest BCUT2D eigenvalue weighted by Gasteiger charge is -2.12. The SMILES string of the molecule is c1ccc2cc(-c3ccc(-c4ccc5cc(-c6ccc(-c7cc8ccccc8c8ccccc78)cc6)ccc5c4)cc3)ccc2c1. The van der Waals surface area contributed by atoms with E-state index in [1.54, 1.807) is 0 Å². The number of benzene rings is 9. The van der Waals surface area contributed by atoms with Gasteiger partial charge in [-0.25, -0.2) is 0 Å². The smallest absolute Gasteiger partial charge is 0.00990 e. The molecule has 9 rings (SSSR count). The second kappa shape index (κ2) is 10.9. The van der Waals surface area contributed by atoms with Crippen LogP contribution in [0, 0.1) is 0 Å². The number of rotatable bonds is 4. The van der Waals surface area contributed by atoms with Crippen molar-refractivity contribution >= 4 is 43.1 Å². The third-order valence-corrected chi connectivity index (χ3v) is 9.44. The van der Waals surface area contributed by atoms with Gasteiger partial charge in [0.1, 0.15) is 0 Å². The molecule has 0 aromatic heterocycles. The van der Waals surface area contributed by atoms with Crippen LogP contribution in [0.1, 0.15) is 0 Å². The largest absolute Gasteiger partial charge is 0.0616 e. The molecule has 0 atom stereocenters. The molecule has 214 valence electrons. The normalized spacial score (nSPS) is 11.5. The Kier molecular flexibility index (Phi) is 6.25. The minimum atomic E-state index is 1.23. The van der Waals surface area contributed by atoms with Crippen LogP contribution in [0.5, 0.6) is 0 Å². The van der Waals surface area contributed by atoms with Gasteiger partial charge < -0.3 is 0 Å². The lowest BCUT2D eigenvalue weighted by atomic mass is 9.92. The molecule has 0 fully saturated rings. The molecule has 0 saturated carbocycles. The Balaban J connectivity index is 0.997. The van der Waals surface area contributed by atoms with Crippen molar-refractivity contribution in [2.45, 2.75) is 0 Å². The molecule has 0 radical (unpaired) electrons. The van der Waals surface area contributed by atoms with E-state index in [2.05, 4.69) is 182 Å². The highest BCUT2D eigenvalue weighted by molar-refractivity contribution is 6.13. The van der Waals surface area contributed by atoms with E-state index in [4.69, 9.17) is 0 Å². The Morgan fingerprint density at radius 3 is 1.13 bits per heavy atom. The van der Waals surface area contributed by atoms with Gasteiger partial charge >= 0.3 is 0 Å². The monoisotopic (exact) mass is 582 g/mol. The molecule has 46 heavy (non-hydrogen) atoms. The Hall–Kier alpha value is -5.98. The predicted molar refractivity (Wildman–Crippen MR) is 198 cm³/mol. The summed E-state index contributed by atoms with van der Waals surface area (Å²) in [6.45, 7) is 0. The van der Waals surface area contributed by atoms with Gasteiger partial charge in [0.25, 0.3) is 0 Å². The Morgan fingerprint density at radius 2 is 0.565 bits per heavy atom. The molecule has 0 aliphatic heterocycles. The predicted octanol–water partition coefficient (Wildman–Crippen LogP) is 13.0. The highest BCUT2D eigenvalue weighted by atomic mass is 14.1. The first kappa shape index (κ1) is 26.4. The van der Waals surface area contributed by atoms with Crippen molar-refractivity contribution < 1.29 is 0 Å². The van der Waals surface area contributed by atoms with Crippen molar-refractivity contribution in [3.8, 4) is 44.5 Å². The molecule has 9 aromatic rings. The molecule has 0 aliphatic rings. The van der Waals surface area contributed by atoms with Gasteiger partial charge in [0.2, 0.25) is 0 Å². The summed E-state index contributed by atoms with van der Waals surface area (Å²) in [5.41, 5.74) is 9.92. The first-order chi connectivity index (χ1) is 22.8. The van der Waals surface area contributed by atoms with E-state index in [0.29, 0.717) is 0 Å². The molecular formula is C46H30. The maximum Gasteiger partial charge on any atom is -0.00990 e. The van der Waals surface area contributed by atoms with Gasteiger partial charge in [-0.2, -0.15) is 0 Å². The number of fused-ring (bicyclic) bond motifs is 5. The fraction of sp³-hybridized carbons (Fsp3) is 0. The Labute approximate surface area is 268 Å². The first-order valence-electron chi connectivity index (χ1n) is 15.9. The van der Waals surface area contributed by atoms with E-state index < -0.39 is 0 Å². The van der Waals surface area contributed by atoms with E-state index in [1.165, 1.54) is 87.6 Å². The molecule has 0 N–H and O–H groups in total. The molecule has 0 unspecified atom stereocenters. The van der Waals surface area contributed by atoms with E-state index >= 15 is 0 Å². The minimum Gasteiger partial charge on any atom is -0.0616 e. The number of hydrogen-bond acceptors (Lipinski definition) is 0. The van der Waals surface area contributed by atoms with Crippen LogP contribution in [-0.2, 0) is 0 Å². The van der Waals surface area contributed by atoms with E-state index in [0.717, 1.165) is 0 Å². The van der Waals surface area contributed by atoms with Crippen LogP contribution in [0.2, 0.25) is 0 Å². The van der Waals surface area contributed by atoms with Crippen LogP contribution < -0.4 is 0 Å². The molecule has 0 bridgehead atoms. The van der Waals surface area contributed by atoms with Crippen molar-refractivity contribution in [1.29, 1.82) is 0 Å². The number of hydrogen-bond donors (Lipinski definition) is 0. The van der Waals surface area contributed by atoms with Gasteiger partial charge in [0.15, 0.2) is 0 Å². The summed E-state index contributed by atoms with van der Waals surface area (Å²) in [4.78, 5) is 0. The van der Waals surface area contributed by atoms with Crippen molar-refractivity contribution in [3.05, 3.63) is 182 Å². The van der Waals surface area contributed by atoms with Crippen molar-refractivity contribution in [2.24, 2.45) is 0 Å². The molecular weight excluding hydrogens is 553 g/mol. The molecule has 0 heteroatoms. The average Bonchev–Trinajstić information content (AvgIpc) is 3.14. The summed E-state index contributed by atoms with van der Waals surface area (Å²) in [5, 5.41) is 10.2. The maximum absolute atomic E-state index is 2.33. The fourth-order valence-electron chi connectivity index (χ4n) is 6.96. The van der Waals surface area contributed by atoms with Gasteiger partial charge in [0, 0.05) is 0 Å². The van der Waals surface area contributed by atoms with Gasteiger partial charge in [-0.1, -0.05) is 158 Å². The van der Waals surface area contributed by atoms with Crippen molar-refractivity contribution in [2.75, 3.05) is 0 Å². The van der Waals surface area contributed by atoms with E-state index in [9.17, 15) is 0 Å². The summed E-state index contributed by atoms with van der Waals surface area (Å²) in [6.07, 6.45) is 0. The van der Waals surface area contributed by atoms with Gasteiger partial charge in [-0.3, -0.25) is 0 Å². The maximum atomic E-state index is 2.33. The molecule has 0 saturated heterocycles. The van der Waals surface area contributed by atoms with Crippen molar-refractivity contribution in [1.82, 2.24) is 0 Å². The summed E-state index contributed by atoms with van der Waals surface area (Å²) in [6, 6.07) is 66.5. The Bertz CT molecular complexity index is 2550. The average molecular weight is 583 g/mol. The second-order valence-corrected chi connectivity index (χ2v) is 12.2. The van der Waals surface area contributed by atoms with Gasteiger partial charge in [-0.15, -0.1) is 0 Å². The zero-order chi connectivity index (χ0) is 30.5. The second-order valence-electron chi connectivity index (χ2n) is 12.2. The van der Waals surface area contributed by atoms with Crippen LogP contribution in [0.3, 0.4) is 0 Å². The molecule has 0 heterocycles. The van der Waals surface area contributed by atoms with Crippen LogP contribution in [-0.4, -0.2) is 0 Å². The topological polar surface area (TPSA) is 0 Å².